The zero-order chi connectivity index (χ0) is 17.1. The Balaban J connectivity index is 1.91. The first-order chi connectivity index (χ1) is 11.5. The second-order valence-electron chi connectivity index (χ2n) is 4.94. The highest BCUT2D eigenvalue weighted by atomic mass is 32.1. The van der Waals surface area contributed by atoms with Gasteiger partial charge in [0.15, 0.2) is 5.13 Å². The normalized spacial score (nSPS) is 10.3. The summed E-state index contributed by atoms with van der Waals surface area (Å²) < 4.78 is 0. The average molecular weight is 339 g/mol. The lowest BCUT2D eigenvalue weighted by atomic mass is 10.1. The first-order valence-electron chi connectivity index (χ1n) is 7.01. The van der Waals surface area contributed by atoms with Crippen LogP contribution in [0.25, 0.3) is 11.3 Å². The van der Waals surface area contributed by atoms with Gasteiger partial charge in [0.05, 0.1) is 11.3 Å². The molecule has 6 nitrogen and oxygen atoms in total. The summed E-state index contributed by atoms with van der Waals surface area (Å²) in [6.07, 6.45) is 0. The van der Waals surface area contributed by atoms with Crippen molar-refractivity contribution < 1.29 is 14.7 Å². The van der Waals surface area contributed by atoms with Crippen molar-refractivity contribution in [3.05, 3.63) is 65.0 Å². The molecular formula is C17H13N3O3S. The minimum atomic E-state index is -1.06. The van der Waals surface area contributed by atoms with Crippen LogP contribution in [0.5, 0.6) is 0 Å². The van der Waals surface area contributed by atoms with E-state index in [0.29, 0.717) is 21.4 Å². The number of nitrogen functional groups attached to an aromatic ring is 1. The fourth-order valence-electron chi connectivity index (χ4n) is 2.20. The van der Waals surface area contributed by atoms with E-state index in [0.717, 1.165) is 16.9 Å². The predicted molar refractivity (Wildman–Crippen MR) is 93.3 cm³/mol. The third kappa shape index (κ3) is 3.26. The van der Waals surface area contributed by atoms with Gasteiger partial charge in [0.1, 0.15) is 4.88 Å². The van der Waals surface area contributed by atoms with Crippen LogP contribution in [0, 0.1) is 0 Å². The summed E-state index contributed by atoms with van der Waals surface area (Å²) in [5.74, 6) is -1.44. The van der Waals surface area contributed by atoms with Crippen LogP contribution in [-0.2, 0) is 0 Å². The Hall–Kier alpha value is -3.19. The number of carboxylic acids is 1. The van der Waals surface area contributed by atoms with Crippen LogP contribution < -0.4 is 11.1 Å². The molecule has 24 heavy (non-hydrogen) atoms. The van der Waals surface area contributed by atoms with Gasteiger partial charge in [-0.2, -0.15) is 0 Å². The molecule has 0 unspecified atom stereocenters. The van der Waals surface area contributed by atoms with Gasteiger partial charge in [0, 0.05) is 11.3 Å². The summed E-state index contributed by atoms with van der Waals surface area (Å²) in [7, 11) is 0. The first-order valence-corrected chi connectivity index (χ1v) is 7.82. The molecule has 0 atom stereocenters. The minimum absolute atomic E-state index is 0.0971. The zero-order valence-corrected chi connectivity index (χ0v) is 13.2. The van der Waals surface area contributed by atoms with Crippen molar-refractivity contribution in [2.45, 2.75) is 0 Å². The molecule has 0 saturated heterocycles. The SMILES string of the molecule is Nc1nc(-c2ccccc2)c(C(=O)Nc2cccc(C(=O)O)c2)s1. The molecule has 1 aromatic heterocycles. The minimum Gasteiger partial charge on any atom is -0.478 e. The van der Waals surface area contributed by atoms with Gasteiger partial charge in [0.2, 0.25) is 0 Å². The third-order valence-electron chi connectivity index (χ3n) is 3.26. The summed E-state index contributed by atoms with van der Waals surface area (Å²) in [5.41, 5.74) is 7.54. The van der Waals surface area contributed by atoms with Crippen LogP contribution >= 0.6 is 11.3 Å². The molecule has 7 heteroatoms. The number of hydrogen-bond acceptors (Lipinski definition) is 5. The predicted octanol–water partition coefficient (Wildman–Crippen LogP) is 3.34. The van der Waals surface area contributed by atoms with E-state index in [4.69, 9.17) is 10.8 Å². The van der Waals surface area contributed by atoms with E-state index in [1.807, 2.05) is 30.3 Å². The molecule has 2 aromatic carbocycles. The van der Waals surface area contributed by atoms with E-state index in [2.05, 4.69) is 10.3 Å². The number of aromatic nitrogens is 1. The van der Waals surface area contributed by atoms with Crippen molar-refractivity contribution in [3.8, 4) is 11.3 Å². The molecule has 1 amide bonds. The number of nitrogens with zero attached hydrogens (tertiary/aromatic N) is 1. The number of nitrogens with one attached hydrogen (secondary N) is 1. The number of amides is 1. The summed E-state index contributed by atoms with van der Waals surface area (Å²) >= 11 is 1.09. The van der Waals surface area contributed by atoms with Crippen LogP contribution in [0.15, 0.2) is 54.6 Å². The molecule has 4 N–H and O–H groups in total. The van der Waals surface area contributed by atoms with E-state index in [1.54, 1.807) is 12.1 Å². The Kier molecular flexibility index (Phi) is 4.26. The van der Waals surface area contributed by atoms with Crippen molar-refractivity contribution in [3.63, 3.8) is 0 Å². The summed E-state index contributed by atoms with van der Waals surface area (Å²) in [6.45, 7) is 0. The lowest BCUT2D eigenvalue weighted by Gasteiger charge is -2.06. The monoisotopic (exact) mass is 339 g/mol. The number of rotatable bonds is 4. The fourth-order valence-corrected chi connectivity index (χ4v) is 2.95. The van der Waals surface area contributed by atoms with Gasteiger partial charge in [-0.1, -0.05) is 47.7 Å². The van der Waals surface area contributed by atoms with Crippen LogP contribution in [-0.4, -0.2) is 22.0 Å². The molecule has 0 saturated carbocycles. The number of carbonyl (C=O) groups excluding carboxylic acids is 1. The van der Waals surface area contributed by atoms with Gasteiger partial charge >= 0.3 is 5.97 Å². The Morgan fingerprint density at radius 3 is 2.54 bits per heavy atom. The Morgan fingerprint density at radius 1 is 1.08 bits per heavy atom. The molecule has 120 valence electrons. The summed E-state index contributed by atoms with van der Waals surface area (Å²) in [5, 5.41) is 12.0. The van der Waals surface area contributed by atoms with Crippen molar-refractivity contribution in [2.75, 3.05) is 11.1 Å². The Labute approximate surface area is 141 Å². The lowest BCUT2D eigenvalue weighted by molar-refractivity contribution is 0.0696. The van der Waals surface area contributed by atoms with E-state index < -0.39 is 5.97 Å². The molecule has 3 rings (SSSR count). The maximum Gasteiger partial charge on any atom is 0.335 e. The van der Waals surface area contributed by atoms with E-state index in [1.165, 1.54) is 12.1 Å². The molecular weight excluding hydrogens is 326 g/mol. The molecule has 0 aliphatic rings. The van der Waals surface area contributed by atoms with Crippen molar-refractivity contribution in [2.24, 2.45) is 0 Å². The molecule has 0 aliphatic heterocycles. The van der Waals surface area contributed by atoms with Gasteiger partial charge in [-0.15, -0.1) is 0 Å². The maximum absolute atomic E-state index is 12.6. The number of benzene rings is 2. The zero-order valence-electron chi connectivity index (χ0n) is 12.4. The van der Waals surface area contributed by atoms with Crippen LogP contribution in [0.2, 0.25) is 0 Å². The molecule has 3 aromatic rings. The number of thiazole rings is 1. The molecule has 0 aliphatic carbocycles. The highest BCUT2D eigenvalue weighted by Crippen LogP contribution is 2.30. The molecule has 0 bridgehead atoms. The van der Waals surface area contributed by atoms with Crippen LogP contribution in [0.3, 0.4) is 0 Å². The smallest absolute Gasteiger partial charge is 0.335 e. The van der Waals surface area contributed by atoms with Crippen molar-refractivity contribution in [1.29, 1.82) is 0 Å². The Bertz CT molecular complexity index is 906. The molecule has 0 radical (unpaired) electrons. The van der Waals surface area contributed by atoms with Crippen LogP contribution in [0.4, 0.5) is 10.8 Å². The van der Waals surface area contributed by atoms with Gasteiger partial charge in [0.25, 0.3) is 5.91 Å². The topological polar surface area (TPSA) is 105 Å². The van der Waals surface area contributed by atoms with E-state index in [-0.39, 0.29) is 11.5 Å². The van der Waals surface area contributed by atoms with Gasteiger partial charge in [-0.05, 0) is 18.2 Å². The Morgan fingerprint density at radius 2 is 1.83 bits per heavy atom. The second-order valence-corrected chi connectivity index (χ2v) is 5.97. The summed E-state index contributed by atoms with van der Waals surface area (Å²) in [6, 6.07) is 15.3. The first kappa shape index (κ1) is 15.7. The number of carboxylic acid groups (broad SMARTS) is 1. The van der Waals surface area contributed by atoms with Crippen molar-refractivity contribution in [1.82, 2.24) is 4.98 Å². The summed E-state index contributed by atoms with van der Waals surface area (Å²) in [4.78, 5) is 28.2. The number of anilines is 2. The standard InChI is InChI=1S/C17H13N3O3S/c18-17-20-13(10-5-2-1-3-6-10)14(24-17)15(21)19-12-8-4-7-11(9-12)16(22)23/h1-9H,(H2,18,20)(H,19,21)(H,22,23). The van der Waals surface area contributed by atoms with Gasteiger partial charge in [-0.3, -0.25) is 4.79 Å². The number of hydrogen-bond donors (Lipinski definition) is 3. The van der Waals surface area contributed by atoms with Crippen molar-refractivity contribution >= 4 is 34.0 Å². The fraction of sp³-hybridized carbons (Fsp3) is 0. The maximum atomic E-state index is 12.6. The quantitative estimate of drug-likeness (QED) is 0.676. The van der Waals surface area contributed by atoms with Crippen LogP contribution in [0.1, 0.15) is 20.0 Å². The van der Waals surface area contributed by atoms with Gasteiger partial charge < -0.3 is 16.2 Å². The second kappa shape index (κ2) is 6.51. The highest BCUT2D eigenvalue weighted by Gasteiger charge is 2.19. The molecule has 1 heterocycles. The van der Waals surface area contributed by atoms with Gasteiger partial charge in [-0.25, -0.2) is 9.78 Å². The largest absolute Gasteiger partial charge is 0.478 e. The lowest BCUT2D eigenvalue weighted by Crippen LogP contribution is -2.12. The molecule has 0 spiro atoms. The number of aromatic carboxylic acids is 1. The highest BCUT2D eigenvalue weighted by molar-refractivity contribution is 7.17. The molecule has 0 fully saturated rings. The van der Waals surface area contributed by atoms with E-state index >= 15 is 0 Å². The van der Waals surface area contributed by atoms with E-state index in [9.17, 15) is 9.59 Å². The number of carbonyl (C=O) groups is 2. The third-order valence-corrected chi connectivity index (χ3v) is 4.15. The number of nitrogens with two attached hydrogens (primary N) is 1. The average Bonchev–Trinajstić information content (AvgIpc) is 2.98.